The molecule has 1 saturated heterocycles. The highest BCUT2D eigenvalue weighted by molar-refractivity contribution is 8.00. The fourth-order valence-electron chi connectivity index (χ4n) is 1.61. The van der Waals surface area contributed by atoms with Gasteiger partial charge >= 0.3 is 5.97 Å². The largest absolute Gasteiger partial charge is 0.480 e. The van der Waals surface area contributed by atoms with Crippen LogP contribution in [0.2, 0.25) is 0 Å². The van der Waals surface area contributed by atoms with E-state index in [1.165, 1.54) is 12.0 Å². The summed E-state index contributed by atoms with van der Waals surface area (Å²) in [6, 6.07) is 0. The van der Waals surface area contributed by atoms with Gasteiger partial charge in [0.25, 0.3) is 0 Å². The summed E-state index contributed by atoms with van der Waals surface area (Å²) in [6.45, 7) is 0.481. The molecule has 1 amide bonds. The monoisotopic (exact) mass is 247 g/mol. The van der Waals surface area contributed by atoms with Gasteiger partial charge in [0.15, 0.2) is 0 Å². The van der Waals surface area contributed by atoms with Crippen molar-refractivity contribution in [1.29, 1.82) is 0 Å². The molecular weight excluding hydrogens is 230 g/mol. The van der Waals surface area contributed by atoms with E-state index in [1.54, 1.807) is 11.8 Å². The van der Waals surface area contributed by atoms with Crippen LogP contribution in [0.3, 0.4) is 0 Å². The second-order valence-corrected chi connectivity index (χ2v) is 4.96. The lowest BCUT2D eigenvalue weighted by Crippen LogP contribution is -2.42. The minimum Gasteiger partial charge on any atom is -0.480 e. The number of carbonyl (C=O) groups is 2. The van der Waals surface area contributed by atoms with Crippen molar-refractivity contribution in [3.63, 3.8) is 0 Å². The molecule has 1 aliphatic rings. The van der Waals surface area contributed by atoms with Gasteiger partial charge in [-0.15, -0.1) is 11.8 Å². The molecule has 1 fully saturated rings. The fraction of sp³-hybridized carbons (Fsp3) is 0.800. The van der Waals surface area contributed by atoms with Crippen LogP contribution in [0, 0.1) is 0 Å². The molecule has 5 nitrogen and oxygen atoms in total. The van der Waals surface area contributed by atoms with Crippen LogP contribution in [-0.2, 0) is 14.3 Å². The number of amides is 1. The van der Waals surface area contributed by atoms with Crippen LogP contribution in [0.25, 0.3) is 0 Å². The molecule has 0 aliphatic carbocycles. The standard InChI is InChI=1S/C10H17NO4S/c1-15-5-4-11(7-9(12)13)10(14)8-3-2-6-16-8/h8H,2-7H2,1H3,(H,12,13). The zero-order valence-electron chi connectivity index (χ0n) is 9.35. The molecule has 1 unspecified atom stereocenters. The Morgan fingerprint density at radius 1 is 1.56 bits per heavy atom. The van der Waals surface area contributed by atoms with Gasteiger partial charge in [0.2, 0.25) is 5.91 Å². The molecule has 0 aromatic carbocycles. The SMILES string of the molecule is COCCN(CC(=O)O)C(=O)C1CCCS1. The molecule has 1 rings (SSSR count). The summed E-state index contributed by atoms with van der Waals surface area (Å²) in [5.74, 6) is -0.0592. The minimum absolute atomic E-state index is 0.0591. The Hall–Kier alpha value is -0.750. The molecule has 6 heteroatoms. The Balaban J connectivity index is 2.51. The van der Waals surface area contributed by atoms with Gasteiger partial charge in [-0.1, -0.05) is 0 Å². The first-order chi connectivity index (χ1) is 7.65. The van der Waals surface area contributed by atoms with Gasteiger partial charge in [-0.05, 0) is 18.6 Å². The van der Waals surface area contributed by atoms with E-state index in [0.717, 1.165) is 18.6 Å². The highest BCUT2D eigenvalue weighted by atomic mass is 32.2. The Morgan fingerprint density at radius 2 is 2.31 bits per heavy atom. The average molecular weight is 247 g/mol. The summed E-state index contributed by atoms with van der Waals surface area (Å²) in [6.07, 6.45) is 1.89. The number of hydrogen-bond donors (Lipinski definition) is 1. The lowest BCUT2D eigenvalue weighted by atomic mass is 10.2. The summed E-state index contributed by atoms with van der Waals surface area (Å²) in [7, 11) is 1.54. The van der Waals surface area contributed by atoms with Crippen molar-refractivity contribution in [3.8, 4) is 0 Å². The number of carboxylic acids is 1. The lowest BCUT2D eigenvalue weighted by molar-refractivity contribution is -0.144. The Bertz CT molecular complexity index is 253. The number of methoxy groups -OCH3 is 1. The molecule has 1 N–H and O–H groups in total. The normalized spacial score (nSPS) is 19.7. The van der Waals surface area contributed by atoms with E-state index in [0.29, 0.717) is 13.2 Å². The predicted octanol–water partition coefficient (Wildman–Crippen LogP) is 0.442. The molecule has 1 atom stereocenters. The van der Waals surface area contributed by atoms with E-state index in [1.807, 2.05) is 0 Å². The van der Waals surface area contributed by atoms with E-state index < -0.39 is 5.97 Å². The van der Waals surface area contributed by atoms with E-state index in [-0.39, 0.29) is 17.7 Å². The van der Waals surface area contributed by atoms with Crippen molar-refractivity contribution in [2.75, 3.05) is 32.6 Å². The van der Waals surface area contributed by atoms with Gasteiger partial charge in [-0.2, -0.15) is 0 Å². The first-order valence-corrected chi connectivity index (χ1v) is 6.31. The number of nitrogens with zero attached hydrogens (tertiary/aromatic N) is 1. The summed E-state index contributed by atoms with van der Waals surface area (Å²) < 4.78 is 4.87. The molecule has 0 aromatic rings. The molecule has 1 heterocycles. The highest BCUT2D eigenvalue weighted by Gasteiger charge is 2.28. The lowest BCUT2D eigenvalue weighted by Gasteiger charge is -2.23. The number of ether oxygens (including phenoxy) is 1. The van der Waals surface area contributed by atoms with Gasteiger partial charge in [-0.3, -0.25) is 9.59 Å². The summed E-state index contributed by atoms with van der Waals surface area (Å²) >= 11 is 1.61. The molecule has 0 aromatic heterocycles. The van der Waals surface area contributed by atoms with Crippen LogP contribution < -0.4 is 0 Å². The Morgan fingerprint density at radius 3 is 2.81 bits per heavy atom. The van der Waals surface area contributed by atoms with Crippen LogP contribution in [0.1, 0.15) is 12.8 Å². The smallest absolute Gasteiger partial charge is 0.323 e. The zero-order valence-corrected chi connectivity index (χ0v) is 10.2. The van der Waals surface area contributed by atoms with E-state index >= 15 is 0 Å². The Kier molecular flexibility index (Phi) is 5.62. The van der Waals surface area contributed by atoms with Gasteiger partial charge in [0.05, 0.1) is 11.9 Å². The molecule has 92 valence electrons. The van der Waals surface area contributed by atoms with Crippen LogP contribution in [0.4, 0.5) is 0 Å². The van der Waals surface area contributed by atoms with Crippen molar-refractivity contribution >= 4 is 23.6 Å². The van der Waals surface area contributed by atoms with Crippen LogP contribution >= 0.6 is 11.8 Å². The van der Waals surface area contributed by atoms with Gasteiger partial charge in [0, 0.05) is 13.7 Å². The first kappa shape index (κ1) is 13.3. The van der Waals surface area contributed by atoms with Gasteiger partial charge in [-0.25, -0.2) is 0 Å². The average Bonchev–Trinajstić information content (AvgIpc) is 2.76. The van der Waals surface area contributed by atoms with Crippen molar-refractivity contribution in [2.45, 2.75) is 18.1 Å². The maximum atomic E-state index is 12.0. The minimum atomic E-state index is -0.979. The van der Waals surface area contributed by atoms with E-state index in [9.17, 15) is 9.59 Å². The van der Waals surface area contributed by atoms with Crippen molar-refractivity contribution in [1.82, 2.24) is 4.90 Å². The maximum Gasteiger partial charge on any atom is 0.323 e. The van der Waals surface area contributed by atoms with Crippen LogP contribution in [0.15, 0.2) is 0 Å². The number of carbonyl (C=O) groups excluding carboxylic acids is 1. The number of hydrogen-bond acceptors (Lipinski definition) is 4. The molecule has 1 aliphatic heterocycles. The topological polar surface area (TPSA) is 66.8 Å². The van der Waals surface area contributed by atoms with E-state index in [2.05, 4.69) is 0 Å². The number of aliphatic carboxylic acids is 1. The third-order valence-electron chi connectivity index (χ3n) is 2.41. The highest BCUT2D eigenvalue weighted by Crippen LogP contribution is 2.27. The summed E-state index contributed by atoms with van der Waals surface area (Å²) in [5.41, 5.74) is 0. The van der Waals surface area contributed by atoms with E-state index in [4.69, 9.17) is 9.84 Å². The Labute approximate surface area is 99.1 Å². The second-order valence-electron chi connectivity index (χ2n) is 3.65. The predicted molar refractivity (Wildman–Crippen MR) is 61.6 cm³/mol. The molecular formula is C10H17NO4S. The molecule has 0 spiro atoms. The van der Waals surface area contributed by atoms with Crippen molar-refractivity contribution in [2.24, 2.45) is 0 Å². The van der Waals surface area contributed by atoms with Crippen LogP contribution in [0.5, 0.6) is 0 Å². The fourth-order valence-corrected chi connectivity index (χ4v) is 2.85. The van der Waals surface area contributed by atoms with Gasteiger partial charge < -0.3 is 14.7 Å². The van der Waals surface area contributed by atoms with Gasteiger partial charge in [0.1, 0.15) is 6.54 Å². The number of thioether (sulfide) groups is 1. The molecule has 0 saturated carbocycles. The summed E-state index contributed by atoms with van der Waals surface area (Å²) in [5, 5.41) is 8.67. The number of rotatable bonds is 6. The zero-order chi connectivity index (χ0) is 12.0. The van der Waals surface area contributed by atoms with Crippen molar-refractivity contribution < 1.29 is 19.4 Å². The van der Waals surface area contributed by atoms with Crippen LogP contribution in [-0.4, -0.2) is 59.7 Å². The molecule has 0 radical (unpaired) electrons. The molecule has 16 heavy (non-hydrogen) atoms. The maximum absolute atomic E-state index is 12.0. The third-order valence-corrected chi connectivity index (χ3v) is 3.77. The first-order valence-electron chi connectivity index (χ1n) is 5.26. The quantitative estimate of drug-likeness (QED) is 0.738. The number of carboxylic acid groups (broad SMARTS) is 1. The second kappa shape index (κ2) is 6.75. The van der Waals surface area contributed by atoms with Crippen molar-refractivity contribution in [3.05, 3.63) is 0 Å². The third kappa shape index (κ3) is 4.02. The molecule has 0 bridgehead atoms. The summed E-state index contributed by atoms with van der Waals surface area (Å²) in [4.78, 5) is 24.0.